The molecule has 1 N–H and O–H groups in total. The number of rotatable bonds is 2. The Morgan fingerprint density at radius 3 is 2.68 bits per heavy atom. The fourth-order valence-electron chi connectivity index (χ4n) is 2.57. The fraction of sp³-hybridized carbons (Fsp3) is 0.500. The van der Waals surface area contributed by atoms with E-state index in [1.807, 2.05) is 6.07 Å². The summed E-state index contributed by atoms with van der Waals surface area (Å²) in [5.74, 6) is -2.12. The second kappa shape index (κ2) is 9.90. The highest BCUT2D eigenvalue weighted by atomic mass is 16.5. The molecule has 1 aromatic carbocycles. The van der Waals surface area contributed by atoms with Gasteiger partial charge in [0.1, 0.15) is 0 Å². The molecule has 1 unspecified atom stereocenters. The van der Waals surface area contributed by atoms with Crippen molar-refractivity contribution in [2.45, 2.75) is 31.9 Å². The highest BCUT2D eigenvalue weighted by Crippen LogP contribution is 2.13. The van der Waals surface area contributed by atoms with Crippen molar-refractivity contribution in [2.75, 3.05) is 26.9 Å². The van der Waals surface area contributed by atoms with Gasteiger partial charge >= 0.3 is 5.97 Å². The number of benzene rings is 1. The van der Waals surface area contributed by atoms with E-state index in [-0.39, 0.29) is 6.61 Å². The molecule has 0 fully saturated rings. The number of amides is 1. The van der Waals surface area contributed by atoms with Crippen LogP contribution in [0.15, 0.2) is 24.3 Å². The van der Waals surface area contributed by atoms with Crippen LogP contribution in [0.3, 0.4) is 0 Å². The summed E-state index contributed by atoms with van der Waals surface area (Å²) in [7, 11) is 1.14. The van der Waals surface area contributed by atoms with Crippen molar-refractivity contribution in [2.24, 2.45) is 0 Å². The molecule has 1 heterocycles. The van der Waals surface area contributed by atoms with Gasteiger partial charge in [0.2, 0.25) is 0 Å². The topological polar surface area (TPSA) is 90.9 Å². The molecule has 136 valence electrons. The maximum absolute atomic E-state index is 12.6. The van der Waals surface area contributed by atoms with Crippen LogP contribution in [0.25, 0.3) is 0 Å². The van der Waals surface area contributed by atoms with Gasteiger partial charge in [-0.05, 0) is 30.9 Å². The molecule has 0 radical (unpaired) electrons. The summed E-state index contributed by atoms with van der Waals surface area (Å²) in [6.07, 6.45) is 1.70. The van der Waals surface area contributed by atoms with Gasteiger partial charge < -0.3 is 19.5 Å². The third kappa shape index (κ3) is 5.65. The first-order valence-corrected chi connectivity index (χ1v) is 8.30. The Morgan fingerprint density at radius 2 is 1.88 bits per heavy atom. The first kappa shape index (κ1) is 19.1. The lowest BCUT2D eigenvalue weighted by Crippen LogP contribution is -2.44. The van der Waals surface area contributed by atoms with E-state index in [0.29, 0.717) is 43.8 Å². The molecule has 25 heavy (non-hydrogen) atoms. The number of ketones is 1. The molecular weight excluding hydrogens is 326 g/mol. The van der Waals surface area contributed by atoms with E-state index in [0.717, 1.165) is 13.5 Å². The van der Waals surface area contributed by atoms with Gasteiger partial charge in [-0.1, -0.05) is 18.2 Å². The zero-order valence-electron chi connectivity index (χ0n) is 14.3. The highest BCUT2D eigenvalue weighted by molar-refractivity contribution is 6.36. The maximum Gasteiger partial charge on any atom is 0.376 e. The maximum atomic E-state index is 12.6. The normalized spacial score (nSPS) is 19.9. The van der Waals surface area contributed by atoms with Gasteiger partial charge in [0.15, 0.2) is 0 Å². The molecule has 0 saturated carbocycles. The SMILES string of the molecule is COC(=O)C(=O)C1CCCCOCCOCc2ccccc2C(=O)N1. The number of nitrogens with one attached hydrogen (secondary N) is 1. The lowest BCUT2D eigenvalue weighted by molar-refractivity contribution is -0.152. The Labute approximate surface area is 146 Å². The van der Waals surface area contributed by atoms with Gasteiger partial charge in [-0.15, -0.1) is 0 Å². The van der Waals surface area contributed by atoms with Crippen LogP contribution >= 0.6 is 0 Å². The summed E-state index contributed by atoms with van der Waals surface area (Å²) in [4.78, 5) is 36.4. The van der Waals surface area contributed by atoms with Gasteiger partial charge in [0.05, 0.1) is 33.0 Å². The number of esters is 1. The smallest absolute Gasteiger partial charge is 0.376 e. The summed E-state index contributed by atoms with van der Waals surface area (Å²) < 4.78 is 15.5. The summed E-state index contributed by atoms with van der Waals surface area (Å²) in [6.45, 7) is 1.72. The lowest BCUT2D eigenvalue weighted by atomic mass is 10.0. The van der Waals surface area contributed by atoms with Crippen LogP contribution in [0, 0.1) is 0 Å². The van der Waals surface area contributed by atoms with Crippen LogP contribution in [-0.4, -0.2) is 50.6 Å². The molecule has 7 heteroatoms. The quantitative estimate of drug-likeness (QED) is 0.638. The standard InChI is InChI=1S/C18H23NO6/c1-23-18(22)16(20)15-8-4-5-9-24-10-11-25-12-13-6-2-3-7-14(13)17(21)19-15/h2-3,6-7,15H,4-5,8-12H2,1H3,(H,19,21). The minimum Gasteiger partial charge on any atom is -0.463 e. The van der Waals surface area contributed by atoms with Crippen LogP contribution in [0.4, 0.5) is 0 Å². The summed E-state index contributed by atoms with van der Waals surface area (Å²) in [5, 5.41) is 2.66. The molecule has 1 aromatic rings. The lowest BCUT2D eigenvalue weighted by Gasteiger charge is -2.18. The van der Waals surface area contributed by atoms with Gasteiger partial charge in [-0.2, -0.15) is 0 Å². The number of carbonyl (C=O) groups is 3. The molecule has 2 rings (SSSR count). The molecule has 1 aliphatic heterocycles. The van der Waals surface area contributed by atoms with Crippen molar-refractivity contribution in [3.05, 3.63) is 35.4 Å². The molecule has 1 aliphatic rings. The molecular formula is C18H23NO6. The van der Waals surface area contributed by atoms with E-state index < -0.39 is 23.7 Å². The first-order chi connectivity index (χ1) is 12.1. The molecule has 0 aliphatic carbocycles. The van der Waals surface area contributed by atoms with Crippen LogP contribution < -0.4 is 5.32 Å². The van der Waals surface area contributed by atoms with Gasteiger partial charge in [-0.3, -0.25) is 9.59 Å². The number of carbonyl (C=O) groups excluding carboxylic acids is 3. The molecule has 0 saturated heterocycles. The Morgan fingerprint density at radius 1 is 1.12 bits per heavy atom. The van der Waals surface area contributed by atoms with E-state index in [9.17, 15) is 14.4 Å². The second-order valence-corrected chi connectivity index (χ2v) is 5.70. The van der Waals surface area contributed by atoms with E-state index in [4.69, 9.17) is 9.47 Å². The van der Waals surface area contributed by atoms with E-state index in [2.05, 4.69) is 10.1 Å². The number of hydrogen-bond donors (Lipinski definition) is 1. The summed E-state index contributed by atoms with van der Waals surface area (Å²) in [5.41, 5.74) is 1.13. The Balaban J connectivity index is 2.20. The number of ether oxygens (including phenoxy) is 3. The Bertz CT molecular complexity index is 615. The molecule has 0 spiro atoms. The number of Topliss-reactive ketones (excluding diaryl/α,β-unsaturated/α-hetero) is 1. The van der Waals surface area contributed by atoms with E-state index in [1.54, 1.807) is 18.2 Å². The Kier molecular flexibility index (Phi) is 7.56. The number of fused-ring (bicyclic) bond motifs is 1. The van der Waals surface area contributed by atoms with Crippen molar-refractivity contribution >= 4 is 17.7 Å². The third-order valence-electron chi connectivity index (χ3n) is 3.93. The van der Waals surface area contributed by atoms with Crippen molar-refractivity contribution in [1.29, 1.82) is 0 Å². The van der Waals surface area contributed by atoms with Gasteiger partial charge in [0.25, 0.3) is 11.7 Å². The summed E-state index contributed by atoms with van der Waals surface area (Å²) >= 11 is 0. The fourth-order valence-corrected chi connectivity index (χ4v) is 2.57. The summed E-state index contributed by atoms with van der Waals surface area (Å²) in [6, 6.07) is 6.08. The zero-order chi connectivity index (χ0) is 18.1. The van der Waals surface area contributed by atoms with Crippen molar-refractivity contribution < 1.29 is 28.6 Å². The minimum absolute atomic E-state index is 0.266. The third-order valence-corrected chi connectivity index (χ3v) is 3.93. The van der Waals surface area contributed by atoms with Crippen LogP contribution in [0.2, 0.25) is 0 Å². The van der Waals surface area contributed by atoms with E-state index >= 15 is 0 Å². The second-order valence-electron chi connectivity index (χ2n) is 5.70. The average Bonchev–Trinajstić information content (AvgIpc) is 2.64. The molecule has 1 atom stereocenters. The average molecular weight is 349 g/mol. The number of methoxy groups -OCH3 is 1. The number of hydrogen-bond acceptors (Lipinski definition) is 6. The van der Waals surface area contributed by atoms with Crippen LogP contribution in [0.5, 0.6) is 0 Å². The Hall–Kier alpha value is -2.25. The van der Waals surface area contributed by atoms with Gasteiger partial charge in [-0.25, -0.2) is 4.79 Å². The van der Waals surface area contributed by atoms with Crippen molar-refractivity contribution in [3.8, 4) is 0 Å². The molecule has 7 nitrogen and oxygen atoms in total. The van der Waals surface area contributed by atoms with Gasteiger partial charge in [0, 0.05) is 12.2 Å². The van der Waals surface area contributed by atoms with Crippen molar-refractivity contribution in [1.82, 2.24) is 5.32 Å². The highest BCUT2D eigenvalue weighted by Gasteiger charge is 2.28. The van der Waals surface area contributed by atoms with Crippen molar-refractivity contribution in [3.63, 3.8) is 0 Å². The molecule has 0 bridgehead atoms. The predicted octanol–water partition coefficient (Wildman–Crippen LogP) is 1.24. The largest absolute Gasteiger partial charge is 0.463 e. The van der Waals surface area contributed by atoms with Crippen LogP contribution in [-0.2, 0) is 30.4 Å². The van der Waals surface area contributed by atoms with E-state index in [1.165, 1.54) is 0 Å². The monoisotopic (exact) mass is 349 g/mol. The zero-order valence-corrected chi connectivity index (χ0v) is 14.3. The predicted molar refractivity (Wildman–Crippen MR) is 89.0 cm³/mol. The molecule has 1 amide bonds. The first-order valence-electron chi connectivity index (χ1n) is 8.30. The molecule has 0 aromatic heterocycles. The minimum atomic E-state index is -0.959. The van der Waals surface area contributed by atoms with Crippen LogP contribution in [0.1, 0.15) is 35.2 Å².